The second-order valence-electron chi connectivity index (χ2n) is 10.4. The third-order valence-corrected chi connectivity index (χ3v) is 9.86. The monoisotopic (exact) mass is 506 g/mol. The molecule has 4 unspecified atom stereocenters. The third kappa shape index (κ3) is 6.80. The van der Waals surface area contributed by atoms with Crippen LogP contribution >= 0.6 is 0 Å². The van der Waals surface area contributed by atoms with Gasteiger partial charge in [0, 0.05) is 37.5 Å². The molecule has 2 saturated heterocycles. The Labute approximate surface area is 214 Å². The molecule has 4 rings (SSSR count). The lowest BCUT2D eigenvalue weighted by Crippen LogP contribution is -2.41. The zero-order chi connectivity index (χ0) is 25.4. The number of carbonyl (C=O) groups excluding carboxylic acids is 1. The molecule has 198 valence electrons. The van der Waals surface area contributed by atoms with Crippen LogP contribution in [0.2, 0.25) is 0 Å². The molecule has 2 aliphatic carbocycles. The highest BCUT2D eigenvalue weighted by Crippen LogP contribution is 2.52. The van der Waals surface area contributed by atoms with Gasteiger partial charge in [-0.1, -0.05) is 34.1 Å². The Kier molecular flexibility index (Phi) is 10.5. The maximum atomic E-state index is 12.8. The highest BCUT2D eigenvalue weighted by Gasteiger charge is 2.44. The van der Waals surface area contributed by atoms with Gasteiger partial charge in [-0.2, -0.15) is 0 Å². The topological polar surface area (TPSA) is 103 Å². The normalized spacial score (nSPS) is 30.7. The summed E-state index contributed by atoms with van der Waals surface area (Å²) in [4.78, 5) is 23.5. The van der Waals surface area contributed by atoms with Crippen LogP contribution in [0.15, 0.2) is 21.4 Å². The van der Waals surface area contributed by atoms with E-state index >= 15 is 0 Å². The number of piperidine rings is 1. The number of allylic oxidation sites excluding steroid dienone is 1. The molecule has 8 nitrogen and oxygen atoms in total. The van der Waals surface area contributed by atoms with Crippen LogP contribution in [0, 0.1) is 11.3 Å². The Bertz CT molecular complexity index is 811. The molecule has 1 amide bonds. The number of amides is 1. The fourth-order valence-electron chi connectivity index (χ4n) is 5.47. The Hall–Kier alpha value is -1.58. The van der Waals surface area contributed by atoms with Crippen molar-refractivity contribution in [3.05, 3.63) is 11.4 Å². The van der Waals surface area contributed by atoms with Gasteiger partial charge in [-0.3, -0.25) is 14.7 Å². The van der Waals surface area contributed by atoms with E-state index in [1.165, 1.54) is 6.34 Å². The Balaban J connectivity index is 0.00000167. The van der Waals surface area contributed by atoms with Gasteiger partial charge in [0.2, 0.25) is 6.41 Å². The van der Waals surface area contributed by atoms with Crippen LogP contribution in [0.25, 0.3) is 0 Å². The average molecular weight is 507 g/mol. The number of aliphatic imine (C=N–C) groups is 2. The van der Waals surface area contributed by atoms with E-state index in [0.717, 1.165) is 89.5 Å². The van der Waals surface area contributed by atoms with Gasteiger partial charge in [-0.05, 0) is 62.8 Å². The van der Waals surface area contributed by atoms with E-state index in [1.54, 1.807) is 0 Å². The van der Waals surface area contributed by atoms with E-state index in [4.69, 9.17) is 10.7 Å². The minimum absolute atomic E-state index is 0.00782. The molecule has 4 atom stereocenters. The molecule has 0 radical (unpaired) electrons. The molecule has 4 fully saturated rings. The van der Waals surface area contributed by atoms with Crippen LogP contribution < -0.4 is 11.1 Å². The van der Waals surface area contributed by atoms with E-state index in [0.29, 0.717) is 11.7 Å². The zero-order valence-corrected chi connectivity index (χ0v) is 22.9. The number of nitrogens with one attached hydrogen (secondary N) is 1. The van der Waals surface area contributed by atoms with Crippen molar-refractivity contribution in [1.82, 2.24) is 14.5 Å². The van der Waals surface area contributed by atoms with Gasteiger partial charge in [0.1, 0.15) is 5.82 Å². The second-order valence-corrected chi connectivity index (χ2v) is 12.1. The predicted octanol–water partition coefficient (Wildman–Crippen LogP) is 3.22. The van der Waals surface area contributed by atoms with Crippen molar-refractivity contribution in [2.45, 2.75) is 96.4 Å². The smallest absolute Gasteiger partial charge is 0.215 e. The number of nitrogens with two attached hydrogens (primary N) is 1. The third-order valence-electron chi connectivity index (χ3n) is 8.01. The molecule has 9 heteroatoms. The summed E-state index contributed by atoms with van der Waals surface area (Å²) in [6.45, 7) is 11.9. The number of carbonyl (C=O) groups is 1. The van der Waals surface area contributed by atoms with Gasteiger partial charge in [0.05, 0.1) is 28.6 Å². The summed E-state index contributed by atoms with van der Waals surface area (Å²) < 4.78 is 14.9. The standard InChI is InChI=1S/C24H40N6O2S.C2H6/c1-18-4-3-5-22(18)30(17-31)23(28-16-25)21(24(2)9-10-24)15-27-19-7-12-29(13-8-19)33(32)20-6-11-26-14-20;1-2/h15-20,22,26H,3-14H2,1-2H3,(H2,25,28);1-2H3/b23-21-,27-15?;. The summed E-state index contributed by atoms with van der Waals surface area (Å²) in [7, 11) is -0.905. The zero-order valence-electron chi connectivity index (χ0n) is 22.1. The molecule has 3 N–H and O–H groups in total. The largest absolute Gasteiger partial charge is 0.390 e. The summed E-state index contributed by atoms with van der Waals surface area (Å²) in [5, 5.41) is 3.56. The van der Waals surface area contributed by atoms with E-state index < -0.39 is 11.0 Å². The SMILES string of the molecule is CC.CC1CCCC1N(C=O)C(/N=C/N)=C(/C=NC1CCN(S(=O)C2CCNC2)CC1)C1(C)CC1. The van der Waals surface area contributed by atoms with Gasteiger partial charge in [0.25, 0.3) is 0 Å². The van der Waals surface area contributed by atoms with Crippen molar-refractivity contribution in [2.75, 3.05) is 26.2 Å². The lowest BCUT2D eigenvalue weighted by molar-refractivity contribution is -0.118. The van der Waals surface area contributed by atoms with Crippen molar-refractivity contribution in [2.24, 2.45) is 27.1 Å². The molecule has 0 aromatic rings. The van der Waals surface area contributed by atoms with Gasteiger partial charge in [-0.15, -0.1) is 0 Å². The summed E-state index contributed by atoms with van der Waals surface area (Å²) in [5.74, 6) is 1.12. The first-order valence-corrected chi connectivity index (χ1v) is 14.8. The molecular formula is C26H46N6O2S. The van der Waals surface area contributed by atoms with Gasteiger partial charge in [-0.25, -0.2) is 13.5 Å². The first kappa shape index (κ1) is 28.0. The Morgan fingerprint density at radius 3 is 2.40 bits per heavy atom. The number of rotatable bonds is 9. The van der Waals surface area contributed by atoms with Crippen LogP contribution in [-0.2, 0) is 15.8 Å². The Morgan fingerprint density at radius 2 is 1.89 bits per heavy atom. The molecule has 0 aromatic heterocycles. The molecule has 0 aromatic carbocycles. The quantitative estimate of drug-likeness (QED) is 0.285. The van der Waals surface area contributed by atoms with Crippen LogP contribution in [-0.4, -0.2) is 75.9 Å². The highest BCUT2D eigenvalue weighted by molar-refractivity contribution is 7.83. The maximum absolute atomic E-state index is 12.8. The van der Waals surface area contributed by atoms with Crippen LogP contribution in [0.1, 0.15) is 79.1 Å². The molecule has 0 bridgehead atoms. The van der Waals surface area contributed by atoms with Crippen LogP contribution in [0.3, 0.4) is 0 Å². The van der Waals surface area contributed by atoms with Crippen molar-refractivity contribution < 1.29 is 9.00 Å². The molecule has 35 heavy (non-hydrogen) atoms. The first-order chi connectivity index (χ1) is 17.0. The summed E-state index contributed by atoms with van der Waals surface area (Å²) in [6.07, 6.45) is 12.4. The fraction of sp³-hybridized carbons (Fsp3) is 0.808. The van der Waals surface area contributed by atoms with Crippen molar-refractivity contribution in [3.63, 3.8) is 0 Å². The minimum atomic E-state index is -0.905. The molecule has 0 spiro atoms. The van der Waals surface area contributed by atoms with Gasteiger partial charge < -0.3 is 11.1 Å². The first-order valence-electron chi connectivity index (χ1n) is 13.6. The summed E-state index contributed by atoms with van der Waals surface area (Å²) >= 11 is 0. The average Bonchev–Trinajstić information content (AvgIpc) is 3.24. The molecule has 2 saturated carbocycles. The van der Waals surface area contributed by atoms with Crippen molar-refractivity contribution in [3.8, 4) is 0 Å². The highest BCUT2D eigenvalue weighted by atomic mass is 32.2. The van der Waals surface area contributed by atoms with Gasteiger partial charge >= 0.3 is 0 Å². The predicted molar refractivity (Wildman–Crippen MR) is 146 cm³/mol. The van der Waals surface area contributed by atoms with Crippen LogP contribution in [0.4, 0.5) is 0 Å². The van der Waals surface area contributed by atoms with Crippen molar-refractivity contribution >= 4 is 29.9 Å². The fourth-order valence-corrected chi connectivity index (χ4v) is 7.04. The molecule has 2 aliphatic heterocycles. The number of hydrogen-bond acceptors (Lipinski definition) is 5. The van der Waals surface area contributed by atoms with E-state index in [9.17, 15) is 9.00 Å². The minimum Gasteiger partial charge on any atom is -0.390 e. The Morgan fingerprint density at radius 1 is 1.17 bits per heavy atom. The van der Waals surface area contributed by atoms with E-state index in [1.807, 2.05) is 25.0 Å². The van der Waals surface area contributed by atoms with Crippen molar-refractivity contribution in [1.29, 1.82) is 0 Å². The van der Waals surface area contributed by atoms with Gasteiger partial charge in [0.15, 0.2) is 0 Å². The summed E-state index contributed by atoms with van der Waals surface area (Å²) in [5.41, 5.74) is 6.76. The number of nitrogens with zero attached hydrogens (tertiary/aromatic N) is 4. The lowest BCUT2D eigenvalue weighted by atomic mass is 9.97. The summed E-state index contributed by atoms with van der Waals surface area (Å²) in [6, 6.07) is 0.366. The lowest BCUT2D eigenvalue weighted by Gasteiger charge is -2.32. The molecular weight excluding hydrogens is 460 g/mol. The number of hydrogen-bond donors (Lipinski definition) is 2. The van der Waals surface area contributed by atoms with Crippen LogP contribution in [0.5, 0.6) is 0 Å². The molecule has 4 aliphatic rings. The van der Waals surface area contributed by atoms with E-state index in [2.05, 4.69) is 28.5 Å². The molecule has 2 heterocycles. The second kappa shape index (κ2) is 13.1. The maximum Gasteiger partial charge on any atom is 0.215 e. The van der Waals surface area contributed by atoms with E-state index in [-0.39, 0.29) is 22.7 Å².